The molecule has 1 fully saturated rings. The van der Waals surface area contributed by atoms with Crippen LogP contribution in [0.5, 0.6) is 0 Å². The summed E-state index contributed by atoms with van der Waals surface area (Å²) in [5.41, 5.74) is -0.401. The fourth-order valence-corrected chi connectivity index (χ4v) is 2.45. The number of alkyl carbamates (subject to hydrolysis) is 1. The van der Waals surface area contributed by atoms with Crippen LogP contribution in [0.2, 0.25) is 0 Å². The number of amides is 1. The quantitative estimate of drug-likeness (QED) is 0.845. The van der Waals surface area contributed by atoms with Gasteiger partial charge in [-0.25, -0.2) is 9.59 Å². The van der Waals surface area contributed by atoms with Gasteiger partial charge in [-0.3, -0.25) is 0 Å². The molecule has 1 aromatic carbocycles. The van der Waals surface area contributed by atoms with E-state index in [1.54, 1.807) is 0 Å². The second-order valence-corrected chi connectivity index (χ2v) is 5.83. The summed E-state index contributed by atoms with van der Waals surface area (Å²) in [6.45, 7) is 1.67. The number of benzene rings is 1. The third-order valence-electron chi connectivity index (χ3n) is 3.98. The molecule has 0 heterocycles. The van der Waals surface area contributed by atoms with Crippen molar-refractivity contribution in [2.75, 3.05) is 0 Å². The molecule has 1 amide bonds. The maximum atomic E-state index is 11.8. The second-order valence-electron chi connectivity index (χ2n) is 5.83. The molecule has 0 bridgehead atoms. The topological polar surface area (TPSA) is 75.6 Å². The van der Waals surface area contributed by atoms with Gasteiger partial charge < -0.3 is 15.2 Å². The zero-order valence-corrected chi connectivity index (χ0v) is 12.2. The summed E-state index contributed by atoms with van der Waals surface area (Å²) in [6, 6.07) is 9.28. The van der Waals surface area contributed by atoms with Crippen LogP contribution in [0.1, 0.15) is 38.2 Å². The molecule has 5 heteroatoms. The highest BCUT2D eigenvalue weighted by molar-refractivity contribution is 5.83. The molecule has 2 rings (SSSR count). The molecule has 0 aliphatic heterocycles. The number of carbonyl (C=O) groups excluding carboxylic acids is 1. The van der Waals surface area contributed by atoms with Crippen molar-refractivity contribution in [1.29, 1.82) is 0 Å². The lowest BCUT2D eigenvalue weighted by molar-refractivity contribution is -0.145. The van der Waals surface area contributed by atoms with E-state index < -0.39 is 17.6 Å². The third kappa shape index (κ3) is 4.21. The van der Waals surface area contributed by atoms with Crippen molar-refractivity contribution < 1.29 is 19.4 Å². The van der Waals surface area contributed by atoms with Crippen molar-refractivity contribution in [3.05, 3.63) is 35.9 Å². The van der Waals surface area contributed by atoms with E-state index in [9.17, 15) is 14.7 Å². The maximum Gasteiger partial charge on any atom is 0.408 e. The Morgan fingerprint density at radius 2 is 2.00 bits per heavy atom. The van der Waals surface area contributed by atoms with E-state index >= 15 is 0 Å². The Labute approximate surface area is 124 Å². The summed E-state index contributed by atoms with van der Waals surface area (Å²) < 4.78 is 5.09. The van der Waals surface area contributed by atoms with Crippen molar-refractivity contribution >= 4 is 12.1 Å². The molecule has 114 valence electrons. The first kappa shape index (κ1) is 15.4. The van der Waals surface area contributed by atoms with Gasteiger partial charge in [-0.2, -0.15) is 0 Å². The highest BCUT2D eigenvalue weighted by atomic mass is 16.5. The summed E-state index contributed by atoms with van der Waals surface area (Å²) in [6.07, 6.45) is 2.96. The number of ether oxygens (including phenoxy) is 1. The van der Waals surface area contributed by atoms with E-state index in [0.717, 1.165) is 24.8 Å². The molecular weight excluding hydrogens is 270 g/mol. The molecule has 5 nitrogen and oxygen atoms in total. The summed E-state index contributed by atoms with van der Waals surface area (Å²) >= 11 is 0. The van der Waals surface area contributed by atoms with Gasteiger partial charge in [-0.05, 0) is 24.8 Å². The molecule has 1 saturated carbocycles. The minimum atomic E-state index is -1.27. The normalized spacial score (nSPS) is 17.4. The van der Waals surface area contributed by atoms with Crippen LogP contribution in [-0.2, 0) is 16.1 Å². The number of rotatable bonds is 6. The van der Waals surface area contributed by atoms with Crippen molar-refractivity contribution in [1.82, 2.24) is 5.32 Å². The molecule has 1 atom stereocenters. The lowest BCUT2D eigenvalue weighted by Crippen LogP contribution is -2.53. The van der Waals surface area contributed by atoms with Crippen LogP contribution in [-0.4, -0.2) is 22.7 Å². The number of aliphatic carboxylic acids is 1. The Kier molecular flexibility index (Phi) is 4.83. The van der Waals surface area contributed by atoms with Gasteiger partial charge in [0.05, 0.1) is 0 Å². The van der Waals surface area contributed by atoms with Crippen molar-refractivity contribution in [3.63, 3.8) is 0 Å². The van der Waals surface area contributed by atoms with Crippen LogP contribution >= 0.6 is 0 Å². The van der Waals surface area contributed by atoms with Crippen LogP contribution in [0.15, 0.2) is 30.3 Å². The lowest BCUT2D eigenvalue weighted by Gasteiger charge is -2.34. The van der Waals surface area contributed by atoms with E-state index in [2.05, 4.69) is 5.32 Å². The fourth-order valence-electron chi connectivity index (χ4n) is 2.45. The molecule has 0 spiro atoms. The number of nitrogens with one attached hydrogen (secondary N) is 1. The number of carbonyl (C=O) groups is 2. The van der Waals surface area contributed by atoms with Gasteiger partial charge in [-0.15, -0.1) is 0 Å². The van der Waals surface area contributed by atoms with Gasteiger partial charge in [0.15, 0.2) is 0 Å². The summed E-state index contributed by atoms with van der Waals surface area (Å²) in [7, 11) is 0. The molecular formula is C16H21NO4. The van der Waals surface area contributed by atoms with Gasteiger partial charge >= 0.3 is 12.1 Å². The number of hydrogen-bond acceptors (Lipinski definition) is 3. The van der Waals surface area contributed by atoms with Gasteiger partial charge in [0.25, 0.3) is 0 Å². The fraction of sp³-hybridized carbons (Fsp3) is 0.500. The first-order valence-electron chi connectivity index (χ1n) is 7.22. The predicted octanol–water partition coefficient (Wildman–Crippen LogP) is 2.95. The lowest BCUT2D eigenvalue weighted by atomic mass is 9.76. The molecule has 0 saturated heterocycles. The largest absolute Gasteiger partial charge is 0.480 e. The molecule has 0 aromatic heterocycles. The third-order valence-corrected chi connectivity index (χ3v) is 3.98. The van der Waals surface area contributed by atoms with E-state index in [1.807, 2.05) is 30.3 Å². The first-order valence-corrected chi connectivity index (χ1v) is 7.22. The highest BCUT2D eigenvalue weighted by Crippen LogP contribution is 2.33. The molecule has 1 unspecified atom stereocenters. The SMILES string of the molecule is CC(CC1CCC1)(NC(=O)OCc1ccccc1)C(=O)O. The Morgan fingerprint density at radius 3 is 2.52 bits per heavy atom. The van der Waals surface area contributed by atoms with Crippen molar-refractivity contribution in [3.8, 4) is 0 Å². The number of hydrogen-bond donors (Lipinski definition) is 2. The number of carboxylic acids is 1. The van der Waals surface area contributed by atoms with Gasteiger partial charge in [0.2, 0.25) is 0 Å². The van der Waals surface area contributed by atoms with E-state index in [0.29, 0.717) is 12.3 Å². The minimum absolute atomic E-state index is 0.131. The van der Waals surface area contributed by atoms with Gasteiger partial charge in [0, 0.05) is 0 Å². The number of carboxylic acid groups (broad SMARTS) is 1. The Balaban J connectivity index is 1.87. The van der Waals surface area contributed by atoms with Crippen LogP contribution in [0.25, 0.3) is 0 Å². The predicted molar refractivity (Wildman–Crippen MR) is 77.8 cm³/mol. The Hall–Kier alpha value is -2.04. The van der Waals surface area contributed by atoms with Gasteiger partial charge in [-0.1, -0.05) is 49.6 Å². The monoisotopic (exact) mass is 291 g/mol. The summed E-state index contributed by atoms with van der Waals surface area (Å²) in [5, 5.41) is 11.9. The zero-order chi connectivity index (χ0) is 15.3. The molecule has 1 aliphatic rings. The molecule has 21 heavy (non-hydrogen) atoms. The molecule has 2 N–H and O–H groups in total. The van der Waals surface area contributed by atoms with Crippen LogP contribution in [0, 0.1) is 5.92 Å². The second kappa shape index (κ2) is 6.61. The van der Waals surface area contributed by atoms with E-state index in [1.165, 1.54) is 6.92 Å². The maximum absolute atomic E-state index is 11.8. The van der Waals surface area contributed by atoms with Crippen LogP contribution < -0.4 is 5.32 Å². The molecule has 1 aromatic rings. The summed E-state index contributed by atoms with van der Waals surface area (Å²) in [5.74, 6) is -0.647. The standard InChI is InChI=1S/C16H21NO4/c1-16(14(18)19,10-12-8-5-9-12)17-15(20)21-11-13-6-3-2-4-7-13/h2-4,6-7,12H,5,8-11H2,1H3,(H,17,20)(H,18,19). The Bertz CT molecular complexity index is 498. The van der Waals surface area contributed by atoms with Crippen molar-refractivity contribution in [2.24, 2.45) is 5.92 Å². The highest BCUT2D eigenvalue weighted by Gasteiger charge is 2.39. The average molecular weight is 291 g/mol. The van der Waals surface area contributed by atoms with Crippen LogP contribution in [0.3, 0.4) is 0 Å². The summed E-state index contributed by atoms with van der Waals surface area (Å²) in [4.78, 5) is 23.3. The van der Waals surface area contributed by atoms with E-state index in [-0.39, 0.29) is 6.61 Å². The Morgan fingerprint density at radius 1 is 1.33 bits per heavy atom. The molecule has 1 aliphatic carbocycles. The minimum Gasteiger partial charge on any atom is -0.480 e. The van der Waals surface area contributed by atoms with Crippen molar-refractivity contribution in [2.45, 2.75) is 44.8 Å². The molecule has 0 radical (unpaired) electrons. The smallest absolute Gasteiger partial charge is 0.408 e. The van der Waals surface area contributed by atoms with E-state index in [4.69, 9.17) is 4.74 Å². The zero-order valence-electron chi connectivity index (χ0n) is 12.2. The van der Waals surface area contributed by atoms with Crippen LogP contribution in [0.4, 0.5) is 4.79 Å². The first-order chi connectivity index (χ1) is 9.99. The average Bonchev–Trinajstić information content (AvgIpc) is 2.42. The van der Waals surface area contributed by atoms with Gasteiger partial charge in [0.1, 0.15) is 12.1 Å².